The molecule has 0 amide bonds. The molecule has 92 valence electrons. The molecule has 0 unspecified atom stereocenters. The maximum absolute atomic E-state index is 13.5. The summed E-state index contributed by atoms with van der Waals surface area (Å²) in [6.45, 7) is 6.47. The predicted molar refractivity (Wildman–Crippen MR) is 73.5 cm³/mol. The van der Waals surface area contributed by atoms with Gasteiger partial charge in [-0.15, -0.1) is 0 Å². The van der Waals surface area contributed by atoms with Gasteiger partial charge in [-0.3, -0.25) is 0 Å². The van der Waals surface area contributed by atoms with Crippen molar-refractivity contribution in [3.63, 3.8) is 0 Å². The van der Waals surface area contributed by atoms with E-state index in [-0.39, 0.29) is 5.82 Å². The molecule has 0 heterocycles. The number of nitrogens with one attached hydrogen (secondary N) is 1. The molecule has 0 aliphatic carbocycles. The van der Waals surface area contributed by atoms with E-state index in [4.69, 9.17) is 0 Å². The zero-order chi connectivity index (χ0) is 13.0. The van der Waals surface area contributed by atoms with Gasteiger partial charge in [-0.2, -0.15) is 0 Å². The van der Waals surface area contributed by atoms with E-state index in [0.29, 0.717) is 12.1 Å². The summed E-state index contributed by atoms with van der Waals surface area (Å²) in [6.07, 6.45) is 0. The standard InChI is InChI=1S/C16H16FN/c1-12-7-3-5-9-15(12)13(2)18-11-14-8-4-6-10-16(14)17/h3-10,18H,2,11H2,1H3. The summed E-state index contributed by atoms with van der Waals surface area (Å²) >= 11 is 0. The Labute approximate surface area is 107 Å². The fourth-order valence-electron chi connectivity index (χ4n) is 1.85. The monoisotopic (exact) mass is 241 g/mol. The lowest BCUT2D eigenvalue weighted by Gasteiger charge is -2.12. The summed E-state index contributed by atoms with van der Waals surface area (Å²) in [6, 6.07) is 14.8. The zero-order valence-electron chi connectivity index (χ0n) is 10.4. The Kier molecular flexibility index (Phi) is 3.78. The van der Waals surface area contributed by atoms with E-state index in [1.807, 2.05) is 37.3 Å². The minimum atomic E-state index is -0.192. The first kappa shape index (κ1) is 12.4. The SMILES string of the molecule is C=C(NCc1ccccc1F)c1ccccc1C. The molecule has 2 aromatic carbocycles. The number of benzene rings is 2. The zero-order valence-corrected chi connectivity index (χ0v) is 10.4. The van der Waals surface area contributed by atoms with E-state index in [1.54, 1.807) is 12.1 Å². The molecule has 0 aromatic heterocycles. The summed E-state index contributed by atoms with van der Waals surface area (Å²) in [5.74, 6) is -0.192. The fourth-order valence-corrected chi connectivity index (χ4v) is 1.85. The van der Waals surface area contributed by atoms with Crippen LogP contribution in [0.4, 0.5) is 4.39 Å². The molecular formula is C16H16FN. The van der Waals surface area contributed by atoms with Gasteiger partial charge in [0, 0.05) is 17.8 Å². The number of hydrogen-bond donors (Lipinski definition) is 1. The van der Waals surface area contributed by atoms with Gasteiger partial charge >= 0.3 is 0 Å². The van der Waals surface area contributed by atoms with E-state index in [0.717, 1.165) is 16.8 Å². The van der Waals surface area contributed by atoms with Gasteiger partial charge in [0.2, 0.25) is 0 Å². The lowest BCUT2D eigenvalue weighted by atomic mass is 10.1. The average molecular weight is 241 g/mol. The third-order valence-electron chi connectivity index (χ3n) is 2.92. The molecule has 0 bridgehead atoms. The molecule has 0 atom stereocenters. The van der Waals surface area contributed by atoms with Gasteiger partial charge < -0.3 is 5.32 Å². The van der Waals surface area contributed by atoms with E-state index in [2.05, 4.69) is 11.9 Å². The molecule has 2 rings (SSSR count). The molecule has 0 fully saturated rings. The van der Waals surface area contributed by atoms with Crippen molar-refractivity contribution in [1.29, 1.82) is 0 Å². The van der Waals surface area contributed by atoms with Crippen molar-refractivity contribution in [3.05, 3.63) is 77.6 Å². The van der Waals surface area contributed by atoms with Crippen molar-refractivity contribution in [2.24, 2.45) is 0 Å². The molecule has 1 N–H and O–H groups in total. The third kappa shape index (κ3) is 2.77. The lowest BCUT2D eigenvalue weighted by Crippen LogP contribution is -2.12. The average Bonchev–Trinajstić information content (AvgIpc) is 2.38. The first-order valence-corrected chi connectivity index (χ1v) is 5.90. The van der Waals surface area contributed by atoms with E-state index in [9.17, 15) is 4.39 Å². The Balaban J connectivity index is 2.06. The molecule has 1 nitrogen and oxygen atoms in total. The minimum absolute atomic E-state index is 0.192. The molecule has 0 saturated carbocycles. The van der Waals surface area contributed by atoms with Crippen molar-refractivity contribution in [2.75, 3.05) is 0 Å². The van der Waals surface area contributed by atoms with Gasteiger partial charge in [0.05, 0.1) is 0 Å². The molecule has 2 heteroatoms. The molecule has 0 aliphatic heterocycles. The second kappa shape index (κ2) is 5.50. The Morgan fingerprint density at radius 1 is 1.11 bits per heavy atom. The van der Waals surface area contributed by atoms with Crippen molar-refractivity contribution < 1.29 is 4.39 Å². The molecule has 0 spiro atoms. The molecule has 0 radical (unpaired) electrons. The normalized spacial score (nSPS) is 10.1. The quantitative estimate of drug-likeness (QED) is 0.856. The molecular weight excluding hydrogens is 225 g/mol. The second-order valence-electron chi connectivity index (χ2n) is 4.24. The van der Waals surface area contributed by atoms with E-state index < -0.39 is 0 Å². The number of halogens is 1. The Bertz CT molecular complexity index is 561. The third-order valence-corrected chi connectivity index (χ3v) is 2.92. The second-order valence-corrected chi connectivity index (χ2v) is 4.24. The van der Waals surface area contributed by atoms with Crippen LogP contribution in [0.15, 0.2) is 55.1 Å². The summed E-state index contributed by atoms with van der Waals surface area (Å²) in [7, 11) is 0. The maximum Gasteiger partial charge on any atom is 0.128 e. The first-order valence-electron chi connectivity index (χ1n) is 5.90. The summed E-state index contributed by atoms with van der Waals surface area (Å²) < 4.78 is 13.5. The predicted octanol–water partition coefficient (Wildman–Crippen LogP) is 3.89. The van der Waals surface area contributed by atoms with Crippen LogP contribution in [0.25, 0.3) is 5.70 Å². The van der Waals surface area contributed by atoms with Crippen LogP contribution in [0.3, 0.4) is 0 Å². The summed E-state index contributed by atoms with van der Waals surface area (Å²) in [5.41, 5.74) is 3.68. The van der Waals surface area contributed by atoms with Gasteiger partial charge in [-0.25, -0.2) is 4.39 Å². The van der Waals surface area contributed by atoms with Crippen molar-refractivity contribution in [1.82, 2.24) is 5.32 Å². The Hall–Kier alpha value is -2.09. The van der Waals surface area contributed by atoms with Gasteiger partial charge in [0.1, 0.15) is 5.82 Å². The van der Waals surface area contributed by atoms with Crippen LogP contribution in [0, 0.1) is 12.7 Å². The van der Waals surface area contributed by atoms with Crippen molar-refractivity contribution in [3.8, 4) is 0 Å². The van der Waals surface area contributed by atoms with Gasteiger partial charge in [-0.05, 0) is 24.1 Å². The highest BCUT2D eigenvalue weighted by Gasteiger charge is 2.04. The van der Waals surface area contributed by atoms with E-state index >= 15 is 0 Å². The highest BCUT2D eigenvalue weighted by Crippen LogP contribution is 2.15. The summed E-state index contributed by atoms with van der Waals surface area (Å²) in [4.78, 5) is 0. The minimum Gasteiger partial charge on any atom is -0.381 e. The highest BCUT2D eigenvalue weighted by molar-refractivity contribution is 5.64. The fraction of sp³-hybridized carbons (Fsp3) is 0.125. The Morgan fingerprint density at radius 2 is 1.78 bits per heavy atom. The van der Waals surface area contributed by atoms with Crippen LogP contribution >= 0.6 is 0 Å². The number of aryl methyl sites for hydroxylation is 1. The van der Waals surface area contributed by atoms with Gasteiger partial charge in [0.15, 0.2) is 0 Å². The van der Waals surface area contributed by atoms with Crippen LogP contribution in [-0.2, 0) is 6.54 Å². The maximum atomic E-state index is 13.5. The van der Waals surface area contributed by atoms with Crippen LogP contribution in [-0.4, -0.2) is 0 Å². The molecule has 0 saturated heterocycles. The smallest absolute Gasteiger partial charge is 0.128 e. The lowest BCUT2D eigenvalue weighted by molar-refractivity contribution is 0.605. The van der Waals surface area contributed by atoms with Crippen LogP contribution < -0.4 is 5.32 Å². The van der Waals surface area contributed by atoms with Crippen molar-refractivity contribution in [2.45, 2.75) is 13.5 Å². The molecule has 0 aliphatic rings. The van der Waals surface area contributed by atoms with Crippen molar-refractivity contribution >= 4 is 5.70 Å². The number of hydrogen-bond acceptors (Lipinski definition) is 1. The highest BCUT2D eigenvalue weighted by atomic mass is 19.1. The van der Waals surface area contributed by atoms with Crippen LogP contribution in [0.1, 0.15) is 16.7 Å². The largest absolute Gasteiger partial charge is 0.381 e. The Morgan fingerprint density at radius 3 is 2.50 bits per heavy atom. The molecule has 2 aromatic rings. The van der Waals surface area contributed by atoms with Crippen LogP contribution in [0.5, 0.6) is 0 Å². The number of rotatable bonds is 4. The van der Waals surface area contributed by atoms with Gasteiger partial charge in [0.25, 0.3) is 0 Å². The van der Waals surface area contributed by atoms with Crippen LogP contribution in [0.2, 0.25) is 0 Å². The van der Waals surface area contributed by atoms with Gasteiger partial charge in [-0.1, -0.05) is 49.0 Å². The first-order chi connectivity index (χ1) is 8.68. The molecule has 18 heavy (non-hydrogen) atoms. The summed E-state index contributed by atoms with van der Waals surface area (Å²) in [5, 5.41) is 3.16. The topological polar surface area (TPSA) is 12.0 Å². The van der Waals surface area contributed by atoms with E-state index in [1.165, 1.54) is 6.07 Å².